The van der Waals surface area contributed by atoms with Crippen LogP contribution >= 0.6 is 12.2 Å². The first-order chi connectivity index (χ1) is 4.93. The molecule has 0 saturated heterocycles. The number of hydrogen-bond acceptors (Lipinski definition) is 2. The highest BCUT2D eigenvalue weighted by Crippen LogP contribution is 2.18. The number of thiocarbonyl (C=S) groups is 1. The maximum atomic E-state index is 4.56. The Hall–Kier alpha value is -0.200. The summed E-state index contributed by atoms with van der Waals surface area (Å²) in [6.07, 6.45) is 7.86. The molecule has 1 fully saturated rings. The summed E-state index contributed by atoms with van der Waals surface area (Å²) in [5.74, 6) is 0. The van der Waals surface area contributed by atoms with Crippen molar-refractivity contribution in [1.29, 1.82) is 0 Å². The fourth-order valence-corrected chi connectivity index (χ4v) is 1.61. The van der Waals surface area contributed by atoms with Crippen LogP contribution in [0.15, 0.2) is 4.99 Å². The minimum absolute atomic E-state index is 0.500. The number of isothiocyanates is 1. The summed E-state index contributed by atoms with van der Waals surface area (Å²) < 4.78 is 0. The lowest BCUT2D eigenvalue weighted by Crippen LogP contribution is -2.00. The van der Waals surface area contributed by atoms with Crippen molar-refractivity contribution < 1.29 is 0 Å². The van der Waals surface area contributed by atoms with E-state index < -0.39 is 0 Å². The van der Waals surface area contributed by atoms with Crippen molar-refractivity contribution >= 4 is 17.4 Å². The molecule has 0 spiro atoms. The van der Waals surface area contributed by atoms with E-state index in [9.17, 15) is 0 Å². The molecular weight excluding hydrogens is 142 g/mol. The lowest BCUT2D eigenvalue weighted by Gasteiger charge is -2.03. The average Bonchev–Trinajstić information content (AvgIpc) is 2.17. The van der Waals surface area contributed by atoms with E-state index in [4.69, 9.17) is 0 Å². The molecule has 1 aliphatic carbocycles. The number of aliphatic imine (C=N–C) groups is 1. The van der Waals surface area contributed by atoms with Crippen LogP contribution in [0, 0.1) is 0 Å². The second-order valence-electron chi connectivity index (χ2n) is 2.87. The maximum absolute atomic E-state index is 4.56. The molecule has 0 amide bonds. The van der Waals surface area contributed by atoms with Gasteiger partial charge >= 0.3 is 0 Å². The van der Waals surface area contributed by atoms with Crippen LogP contribution in [-0.4, -0.2) is 11.2 Å². The van der Waals surface area contributed by atoms with Gasteiger partial charge in [0.15, 0.2) is 0 Å². The summed E-state index contributed by atoms with van der Waals surface area (Å²) in [7, 11) is 0. The Morgan fingerprint density at radius 2 is 1.70 bits per heavy atom. The van der Waals surface area contributed by atoms with E-state index in [2.05, 4.69) is 22.4 Å². The van der Waals surface area contributed by atoms with Crippen LogP contribution in [0.25, 0.3) is 0 Å². The van der Waals surface area contributed by atoms with Crippen LogP contribution in [-0.2, 0) is 0 Å². The molecular formula is C8H13NS. The van der Waals surface area contributed by atoms with Crippen molar-refractivity contribution in [1.82, 2.24) is 0 Å². The lowest BCUT2D eigenvalue weighted by molar-refractivity contribution is 0.589. The molecule has 56 valence electrons. The molecule has 1 aliphatic rings. The van der Waals surface area contributed by atoms with Gasteiger partial charge in [-0.05, 0) is 25.1 Å². The third-order valence-electron chi connectivity index (χ3n) is 2.06. The first-order valence-electron chi connectivity index (χ1n) is 4.00. The lowest BCUT2D eigenvalue weighted by atomic mass is 10.1. The van der Waals surface area contributed by atoms with Gasteiger partial charge < -0.3 is 0 Å². The van der Waals surface area contributed by atoms with Gasteiger partial charge in [0.05, 0.1) is 11.2 Å². The average molecular weight is 155 g/mol. The van der Waals surface area contributed by atoms with Crippen molar-refractivity contribution in [2.75, 3.05) is 0 Å². The molecule has 0 aromatic rings. The Kier molecular flexibility index (Phi) is 3.63. The van der Waals surface area contributed by atoms with Crippen LogP contribution in [0.4, 0.5) is 0 Å². The Morgan fingerprint density at radius 1 is 1.10 bits per heavy atom. The van der Waals surface area contributed by atoms with Crippen LogP contribution in [0.3, 0.4) is 0 Å². The van der Waals surface area contributed by atoms with Crippen LogP contribution in [0.2, 0.25) is 0 Å². The molecule has 0 bridgehead atoms. The third kappa shape index (κ3) is 2.59. The number of hydrogen-bond donors (Lipinski definition) is 0. The van der Waals surface area contributed by atoms with Gasteiger partial charge in [-0.15, -0.1) is 0 Å². The Bertz CT molecular complexity index is 130. The highest BCUT2D eigenvalue weighted by Gasteiger charge is 2.09. The van der Waals surface area contributed by atoms with E-state index in [1.807, 2.05) is 0 Å². The van der Waals surface area contributed by atoms with Gasteiger partial charge in [-0.2, -0.15) is 0 Å². The molecule has 10 heavy (non-hydrogen) atoms. The van der Waals surface area contributed by atoms with E-state index in [1.165, 1.54) is 38.5 Å². The van der Waals surface area contributed by atoms with Crippen molar-refractivity contribution in [3.8, 4) is 0 Å². The van der Waals surface area contributed by atoms with Crippen molar-refractivity contribution in [2.24, 2.45) is 4.99 Å². The molecule has 0 aliphatic heterocycles. The SMILES string of the molecule is S=C=NC1CCCCCC1. The molecule has 0 atom stereocenters. The fourth-order valence-electron chi connectivity index (χ4n) is 1.46. The van der Waals surface area contributed by atoms with Gasteiger partial charge in [-0.1, -0.05) is 25.7 Å². The normalized spacial score (nSPS) is 21.2. The smallest absolute Gasteiger partial charge is 0.0602 e. The first-order valence-corrected chi connectivity index (χ1v) is 4.41. The number of nitrogens with zero attached hydrogens (tertiary/aromatic N) is 1. The largest absolute Gasteiger partial charge is 0.229 e. The predicted molar refractivity (Wildman–Crippen MR) is 46.5 cm³/mol. The zero-order valence-corrected chi connectivity index (χ0v) is 6.99. The first kappa shape index (κ1) is 7.90. The summed E-state index contributed by atoms with van der Waals surface area (Å²) in [5, 5.41) is 2.47. The van der Waals surface area contributed by atoms with Crippen molar-refractivity contribution in [3.63, 3.8) is 0 Å². The summed E-state index contributed by atoms with van der Waals surface area (Å²) in [5.41, 5.74) is 0. The highest BCUT2D eigenvalue weighted by atomic mass is 32.1. The molecule has 2 heteroatoms. The summed E-state index contributed by atoms with van der Waals surface area (Å²) in [6, 6.07) is 0.500. The monoisotopic (exact) mass is 155 g/mol. The molecule has 0 unspecified atom stereocenters. The van der Waals surface area contributed by atoms with E-state index in [1.54, 1.807) is 0 Å². The standard InChI is InChI=1S/C8H13NS/c10-7-9-8-5-3-1-2-4-6-8/h8H,1-6H2. The van der Waals surface area contributed by atoms with Crippen LogP contribution < -0.4 is 0 Å². The van der Waals surface area contributed by atoms with E-state index in [0.29, 0.717) is 6.04 Å². The van der Waals surface area contributed by atoms with Crippen LogP contribution in [0.1, 0.15) is 38.5 Å². The Morgan fingerprint density at radius 3 is 2.20 bits per heavy atom. The topological polar surface area (TPSA) is 12.4 Å². The molecule has 1 nitrogen and oxygen atoms in total. The van der Waals surface area contributed by atoms with Gasteiger partial charge in [0, 0.05) is 0 Å². The number of rotatable bonds is 1. The van der Waals surface area contributed by atoms with E-state index in [0.717, 1.165) is 0 Å². The summed E-state index contributed by atoms with van der Waals surface area (Å²) >= 11 is 4.56. The van der Waals surface area contributed by atoms with Gasteiger partial charge in [0.25, 0.3) is 0 Å². The molecule has 0 aromatic carbocycles. The third-order valence-corrected chi connectivity index (χ3v) is 2.17. The zero-order valence-electron chi connectivity index (χ0n) is 6.18. The highest BCUT2D eigenvalue weighted by molar-refractivity contribution is 7.78. The Balaban J connectivity index is 2.34. The second-order valence-corrected chi connectivity index (χ2v) is 3.05. The minimum atomic E-state index is 0.500. The molecule has 0 aromatic heterocycles. The molecule has 0 radical (unpaired) electrons. The molecule has 0 N–H and O–H groups in total. The predicted octanol–water partition coefficient (Wildman–Crippen LogP) is 2.81. The van der Waals surface area contributed by atoms with Crippen LogP contribution in [0.5, 0.6) is 0 Å². The summed E-state index contributed by atoms with van der Waals surface area (Å²) in [6.45, 7) is 0. The molecule has 1 saturated carbocycles. The molecule has 1 rings (SSSR count). The van der Waals surface area contributed by atoms with Crippen molar-refractivity contribution in [2.45, 2.75) is 44.6 Å². The van der Waals surface area contributed by atoms with E-state index >= 15 is 0 Å². The fraction of sp³-hybridized carbons (Fsp3) is 0.875. The van der Waals surface area contributed by atoms with E-state index in [-0.39, 0.29) is 0 Å². The van der Waals surface area contributed by atoms with Crippen molar-refractivity contribution in [3.05, 3.63) is 0 Å². The van der Waals surface area contributed by atoms with Gasteiger partial charge in [-0.3, -0.25) is 0 Å². The minimum Gasteiger partial charge on any atom is -0.229 e. The zero-order chi connectivity index (χ0) is 7.23. The van der Waals surface area contributed by atoms with Gasteiger partial charge in [0.2, 0.25) is 0 Å². The second kappa shape index (κ2) is 4.59. The maximum Gasteiger partial charge on any atom is 0.0602 e. The van der Waals surface area contributed by atoms with Gasteiger partial charge in [-0.25, -0.2) is 4.99 Å². The Labute approximate surface area is 67.5 Å². The quantitative estimate of drug-likeness (QED) is 0.322. The summed E-state index contributed by atoms with van der Waals surface area (Å²) in [4.78, 5) is 4.11. The van der Waals surface area contributed by atoms with Gasteiger partial charge in [0.1, 0.15) is 0 Å². The molecule has 0 heterocycles.